The fraction of sp³-hybridized carbons (Fsp3) is 0.150. The molecule has 0 atom stereocenters. The lowest BCUT2D eigenvalue weighted by atomic mass is 10.2. The molecule has 9 heteroatoms. The first kappa shape index (κ1) is 19.7. The van der Waals surface area contributed by atoms with Crippen LogP contribution in [0.1, 0.15) is 5.69 Å². The number of H-pyrrole nitrogens is 1. The van der Waals surface area contributed by atoms with E-state index in [2.05, 4.69) is 4.98 Å². The summed E-state index contributed by atoms with van der Waals surface area (Å²) >= 11 is 0. The van der Waals surface area contributed by atoms with Crippen LogP contribution >= 0.6 is 0 Å². The van der Waals surface area contributed by atoms with E-state index in [0.29, 0.717) is 28.5 Å². The zero-order valence-electron chi connectivity index (χ0n) is 15.9. The maximum atomic E-state index is 12.0. The fourth-order valence-electron chi connectivity index (χ4n) is 2.80. The van der Waals surface area contributed by atoms with Crippen LogP contribution in [0.3, 0.4) is 0 Å². The minimum atomic E-state index is -0.625. The van der Waals surface area contributed by atoms with Gasteiger partial charge in [0, 0.05) is 29.3 Å². The number of carbonyl (C=O) groups is 1. The van der Waals surface area contributed by atoms with Gasteiger partial charge in [0.1, 0.15) is 5.75 Å². The first-order chi connectivity index (χ1) is 14.0. The summed E-state index contributed by atoms with van der Waals surface area (Å²) in [6.45, 7) is 0. The third-order valence-corrected chi connectivity index (χ3v) is 4.11. The average Bonchev–Trinajstić information content (AvgIpc) is 3.13. The van der Waals surface area contributed by atoms with Crippen molar-refractivity contribution in [3.63, 3.8) is 0 Å². The largest absolute Gasteiger partial charge is 0.493 e. The normalized spacial score (nSPS) is 10.9. The first-order valence-electron chi connectivity index (χ1n) is 8.42. The molecule has 0 aliphatic heterocycles. The van der Waals surface area contributed by atoms with Crippen LogP contribution < -0.4 is 18.9 Å². The van der Waals surface area contributed by atoms with E-state index in [1.165, 1.54) is 51.7 Å². The number of nitrogens with one attached hydrogen (secondary N) is 1. The number of nitro groups is 1. The van der Waals surface area contributed by atoms with Gasteiger partial charge in [-0.25, -0.2) is 4.79 Å². The number of benzene rings is 2. The molecule has 0 unspecified atom stereocenters. The Bertz CT molecular complexity index is 1080. The van der Waals surface area contributed by atoms with Crippen LogP contribution in [0.15, 0.2) is 42.5 Å². The number of methoxy groups -OCH3 is 3. The Kier molecular flexibility index (Phi) is 5.68. The zero-order valence-corrected chi connectivity index (χ0v) is 15.9. The van der Waals surface area contributed by atoms with Gasteiger partial charge >= 0.3 is 5.97 Å². The highest BCUT2D eigenvalue weighted by Gasteiger charge is 2.17. The van der Waals surface area contributed by atoms with Crippen molar-refractivity contribution < 1.29 is 28.7 Å². The van der Waals surface area contributed by atoms with Crippen molar-refractivity contribution in [2.24, 2.45) is 0 Å². The zero-order chi connectivity index (χ0) is 21.0. The van der Waals surface area contributed by atoms with Crippen LogP contribution in [0.25, 0.3) is 17.0 Å². The third kappa shape index (κ3) is 4.13. The van der Waals surface area contributed by atoms with Crippen LogP contribution in [0.2, 0.25) is 0 Å². The van der Waals surface area contributed by atoms with Gasteiger partial charge in [0.15, 0.2) is 11.5 Å². The van der Waals surface area contributed by atoms with E-state index in [-0.39, 0.29) is 11.4 Å². The summed E-state index contributed by atoms with van der Waals surface area (Å²) in [6, 6.07) is 8.84. The second-order valence-corrected chi connectivity index (χ2v) is 5.84. The van der Waals surface area contributed by atoms with E-state index in [1.807, 2.05) is 6.07 Å². The number of aromatic amines is 1. The Morgan fingerprint density at radius 3 is 2.31 bits per heavy atom. The molecule has 9 nitrogen and oxygen atoms in total. The number of ether oxygens (including phenoxy) is 4. The van der Waals surface area contributed by atoms with Crippen LogP contribution in [0.5, 0.6) is 23.0 Å². The molecular formula is C20H18N2O7. The summed E-state index contributed by atoms with van der Waals surface area (Å²) in [6.07, 6.45) is 2.79. The molecular weight excluding hydrogens is 380 g/mol. The molecule has 0 spiro atoms. The molecule has 0 fully saturated rings. The molecule has 3 rings (SSSR count). The number of non-ortho nitro benzene ring substituents is 1. The summed E-state index contributed by atoms with van der Waals surface area (Å²) in [5.74, 6) is 1.04. The van der Waals surface area contributed by atoms with Gasteiger partial charge < -0.3 is 23.9 Å². The molecule has 1 N–H and O–H groups in total. The Labute approximate surface area is 165 Å². The molecule has 2 aromatic carbocycles. The highest BCUT2D eigenvalue weighted by atomic mass is 16.6. The maximum Gasteiger partial charge on any atom is 0.336 e. The molecule has 0 aliphatic carbocycles. The predicted molar refractivity (Wildman–Crippen MR) is 106 cm³/mol. The second kappa shape index (κ2) is 8.34. The van der Waals surface area contributed by atoms with Crippen molar-refractivity contribution in [3.05, 3.63) is 58.3 Å². The Hall–Kier alpha value is -4.01. The van der Waals surface area contributed by atoms with Crippen molar-refractivity contribution in [2.75, 3.05) is 21.3 Å². The molecule has 1 aromatic heterocycles. The maximum absolute atomic E-state index is 12.0. The van der Waals surface area contributed by atoms with Crippen molar-refractivity contribution >= 4 is 28.6 Å². The Morgan fingerprint density at radius 1 is 1.03 bits per heavy atom. The van der Waals surface area contributed by atoms with Gasteiger partial charge in [-0.3, -0.25) is 10.1 Å². The van der Waals surface area contributed by atoms with E-state index in [0.717, 1.165) is 5.39 Å². The number of nitro benzene ring substituents is 1. The van der Waals surface area contributed by atoms with E-state index in [9.17, 15) is 14.9 Å². The Morgan fingerprint density at radius 2 is 1.72 bits per heavy atom. The minimum absolute atomic E-state index is 0.0850. The lowest BCUT2D eigenvalue weighted by Gasteiger charge is -2.12. The Balaban J connectivity index is 1.81. The summed E-state index contributed by atoms with van der Waals surface area (Å²) in [5, 5.41) is 11.5. The lowest BCUT2D eigenvalue weighted by Crippen LogP contribution is -2.03. The number of hydrogen-bond donors (Lipinski definition) is 1. The van der Waals surface area contributed by atoms with Gasteiger partial charge in [0.2, 0.25) is 5.75 Å². The van der Waals surface area contributed by atoms with Crippen LogP contribution in [0, 0.1) is 10.1 Å². The van der Waals surface area contributed by atoms with E-state index < -0.39 is 10.9 Å². The lowest BCUT2D eigenvalue weighted by molar-refractivity contribution is -0.384. The van der Waals surface area contributed by atoms with Crippen molar-refractivity contribution in [1.29, 1.82) is 0 Å². The van der Waals surface area contributed by atoms with Gasteiger partial charge in [0.05, 0.1) is 31.8 Å². The number of esters is 1. The molecule has 1 heterocycles. The predicted octanol–water partition coefficient (Wildman–Crippen LogP) is 3.72. The first-order valence-corrected chi connectivity index (χ1v) is 8.42. The number of hydrogen-bond acceptors (Lipinski definition) is 7. The molecule has 3 aromatic rings. The van der Waals surface area contributed by atoms with E-state index >= 15 is 0 Å². The van der Waals surface area contributed by atoms with Gasteiger partial charge in [-0.1, -0.05) is 0 Å². The van der Waals surface area contributed by atoms with Crippen LogP contribution in [-0.4, -0.2) is 37.2 Å². The molecule has 0 saturated heterocycles. The molecule has 0 aliphatic rings. The topological polar surface area (TPSA) is 113 Å². The standard InChI is InChI=1S/C20H18N2O7/c1-26-16-11-12-10-13(21-18(12)20(28-3)19(16)27-2)4-9-17(23)29-15-7-5-14(6-8-15)22(24)25/h4-11,21H,1-3H3/b9-4+. The third-order valence-electron chi connectivity index (χ3n) is 4.11. The van der Waals surface area contributed by atoms with Crippen LogP contribution in [0.4, 0.5) is 5.69 Å². The molecule has 150 valence electrons. The SMILES string of the molecule is COc1cc2cc(/C=C/C(=O)Oc3ccc([N+](=O)[O-])cc3)[nH]c2c(OC)c1OC. The monoisotopic (exact) mass is 398 g/mol. The summed E-state index contributed by atoms with van der Waals surface area (Å²) in [7, 11) is 4.57. The minimum Gasteiger partial charge on any atom is -0.493 e. The quantitative estimate of drug-likeness (QED) is 0.212. The van der Waals surface area contributed by atoms with Gasteiger partial charge in [-0.2, -0.15) is 0 Å². The fourth-order valence-corrected chi connectivity index (χ4v) is 2.80. The van der Waals surface area contributed by atoms with Gasteiger partial charge in [-0.15, -0.1) is 0 Å². The van der Waals surface area contributed by atoms with E-state index in [4.69, 9.17) is 18.9 Å². The molecule has 0 amide bonds. The molecule has 29 heavy (non-hydrogen) atoms. The number of rotatable bonds is 7. The number of fused-ring (bicyclic) bond motifs is 1. The highest BCUT2D eigenvalue weighted by Crippen LogP contribution is 2.43. The van der Waals surface area contributed by atoms with Crippen LogP contribution in [-0.2, 0) is 4.79 Å². The summed E-state index contributed by atoms with van der Waals surface area (Å²) in [4.78, 5) is 25.3. The number of aromatic nitrogens is 1. The van der Waals surface area contributed by atoms with Gasteiger partial charge in [0.25, 0.3) is 5.69 Å². The molecule has 0 bridgehead atoms. The molecule has 0 saturated carbocycles. The number of nitrogens with zero attached hydrogens (tertiary/aromatic N) is 1. The van der Waals surface area contributed by atoms with Crippen molar-refractivity contribution in [3.8, 4) is 23.0 Å². The number of carbonyl (C=O) groups excluding carboxylic acids is 1. The summed E-state index contributed by atoms with van der Waals surface area (Å²) in [5.41, 5.74) is 1.24. The molecule has 0 radical (unpaired) electrons. The van der Waals surface area contributed by atoms with Crippen molar-refractivity contribution in [1.82, 2.24) is 4.98 Å². The summed E-state index contributed by atoms with van der Waals surface area (Å²) < 4.78 is 21.3. The highest BCUT2D eigenvalue weighted by molar-refractivity contribution is 5.94. The van der Waals surface area contributed by atoms with E-state index in [1.54, 1.807) is 12.1 Å². The van der Waals surface area contributed by atoms with Gasteiger partial charge in [-0.05, 0) is 30.3 Å². The average molecular weight is 398 g/mol. The smallest absolute Gasteiger partial charge is 0.336 e. The second-order valence-electron chi connectivity index (χ2n) is 5.84. The van der Waals surface area contributed by atoms with Crippen molar-refractivity contribution in [2.45, 2.75) is 0 Å².